The van der Waals surface area contributed by atoms with Crippen molar-refractivity contribution in [2.24, 2.45) is 17.1 Å². The second-order valence-corrected chi connectivity index (χ2v) is 6.70. The summed E-state index contributed by atoms with van der Waals surface area (Å²) in [5.74, 6) is 0.428. The van der Waals surface area contributed by atoms with Gasteiger partial charge in [-0.1, -0.05) is 26.7 Å². The molecule has 0 aromatic carbocycles. The highest BCUT2D eigenvalue weighted by Gasteiger charge is 2.40. The quantitative estimate of drug-likeness (QED) is 0.823. The minimum Gasteiger partial charge on any atom is -0.339 e. The minimum absolute atomic E-state index is 0.133. The Morgan fingerprint density at radius 1 is 1.41 bits per heavy atom. The molecule has 1 aliphatic rings. The Kier molecular flexibility index (Phi) is 4.23. The summed E-state index contributed by atoms with van der Waals surface area (Å²) < 4.78 is 0. The molecular formula is C14H28N2O. The number of nitrogens with zero attached hydrogens (tertiary/aromatic N) is 1. The number of hydrogen-bond acceptors (Lipinski definition) is 2. The molecule has 1 saturated carbocycles. The molecule has 1 unspecified atom stereocenters. The lowest BCUT2D eigenvalue weighted by molar-refractivity contribution is -0.144. The summed E-state index contributed by atoms with van der Waals surface area (Å²) in [7, 11) is 1.89. The number of carbonyl (C=O) groups excluding carboxylic acids is 1. The summed E-state index contributed by atoms with van der Waals surface area (Å²) in [5.41, 5.74) is 5.64. The van der Waals surface area contributed by atoms with E-state index in [0.29, 0.717) is 6.54 Å². The van der Waals surface area contributed by atoms with E-state index in [9.17, 15) is 4.79 Å². The fraction of sp³-hybridized carbons (Fsp3) is 0.929. The molecule has 1 atom stereocenters. The van der Waals surface area contributed by atoms with Gasteiger partial charge in [-0.05, 0) is 32.1 Å². The van der Waals surface area contributed by atoms with E-state index < -0.39 is 0 Å². The molecule has 0 radical (unpaired) electrons. The molecule has 0 saturated heterocycles. The lowest BCUT2D eigenvalue weighted by Gasteiger charge is -2.43. The molecule has 3 heteroatoms. The van der Waals surface area contributed by atoms with Crippen molar-refractivity contribution in [1.29, 1.82) is 0 Å². The Hall–Kier alpha value is -0.570. The zero-order valence-corrected chi connectivity index (χ0v) is 12.0. The predicted molar refractivity (Wildman–Crippen MR) is 71.6 cm³/mol. The summed E-state index contributed by atoms with van der Waals surface area (Å²) >= 11 is 0. The van der Waals surface area contributed by atoms with Gasteiger partial charge in [0.15, 0.2) is 0 Å². The van der Waals surface area contributed by atoms with Crippen molar-refractivity contribution < 1.29 is 4.79 Å². The van der Waals surface area contributed by atoms with E-state index in [2.05, 4.69) is 13.8 Å². The van der Waals surface area contributed by atoms with E-state index in [1.165, 1.54) is 12.8 Å². The molecule has 0 bridgehead atoms. The first-order valence-corrected chi connectivity index (χ1v) is 6.70. The van der Waals surface area contributed by atoms with Gasteiger partial charge in [-0.2, -0.15) is 0 Å². The van der Waals surface area contributed by atoms with Crippen LogP contribution in [0.1, 0.15) is 53.4 Å². The molecule has 17 heavy (non-hydrogen) atoms. The van der Waals surface area contributed by atoms with Crippen LogP contribution in [0.4, 0.5) is 0 Å². The third kappa shape index (κ3) is 3.01. The van der Waals surface area contributed by atoms with Gasteiger partial charge in [0.25, 0.3) is 0 Å². The van der Waals surface area contributed by atoms with Crippen LogP contribution in [0.5, 0.6) is 0 Å². The van der Waals surface area contributed by atoms with Crippen molar-refractivity contribution in [2.75, 3.05) is 13.6 Å². The second-order valence-electron chi connectivity index (χ2n) is 6.70. The standard InChI is InChI=1S/C14H28N2O/c1-13(2)9-7-6-8-11(13)12(17)16(5)14(3,4)10-15/h11H,6-10,15H2,1-5H3. The fourth-order valence-corrected chi connectivity index (χ4v) is 2.62. The lowest BCUT2D eigenvalue weighted by Crippen LogP contribution is -2.54. The van der Waals surface area contributed by atoms with Crippen LogP contribution in [0.15, 0.2) is 0 Å². The van der Waals surface area contributed by atoms with Crippen LogP contribution in [0.2, 0.25) is 0 Å². The van der Waals surface area contributed by atoms with Crippen molar-refractivity contribution in [3.05, 3.63) is 0 Å². The van der Waals surface area contributed by atoms with Crippen LogP contribution < -0.4 is 5.73 Å². The Bertz CT molecular complexity index is 284. The van der Waals surface area contributed by atoms with E-state index in [-0.39, 0.29) is 22.8 Å². The highest BCUT2D eigenvalue weighted by Crippen LogP contribution is 2.41. The third-order valence-corrected chi connectivity index (χ3v) is 4.54. The first kappa shape index (κ1) is 14.5. The zero-order chi connectivity index (χ0) is 13.3. The second kappa shape index (κ2) is 4.97. The fourth-order valence-electron chi connectivity index (χ4n) is 2.62. The Labute approximate surface area is 106 Å². The van der Waals surface area contributed by atoms with Crippen LogP contribution in [0, 0.1) is 11.3 Å². The normalized spacial score (nSPS) is 24.5. The molecule has 100 valence electrons. The molecule has 0 aliphatic heterocycles. The molecular weight excluding hydrogens is 212 g/mol. The number of hydrogen-bond donors (Lipinski definition) is 1. The van der Waals surface area contributed by atoms with Crippen molar-refractivity contribution in [3.8, 4) is 0 Å². The van der Waals surface area contributed by atoms with E-state index >= 15 is 0 Å². The molecule has 1 rings (SSSR count). The summed E-state index contributed by atoms with van der Waals surface area (Å²) in [6.45, 7) is 9.00. The van der Waals surface area contributed by atoms with E-state index in [1.807, 2.05) is 25.8 Å². The first-order valence-electron chi connectivity index (χ1n) is 6.70. The molecule has 1 fully saturated rings. The maximum absolute atomic E-state index is 12.6. The van der Waals surface area contributed by atoms with Gasteiger partial charge in [0, 0.05) is 25.0 Å². The first-order chi connectivity index (χ1) is 7.72. The van der Waals surface area contributed by atoms with Gasteiger partial charge in [-0.3, -0.25) is 4.79 Å². The molecule has 1 aliphatic carbocycles. The Morgan fingerprint density at radius 2 is 2.00 bits per heavy atom. The van der Waals surface area contributed by atoms with E-state index in [0.717, 1.165) is 12.8 Å². The van der Waals surface area contributed by atoms with Crippen LogP contribution in [-0.4, -0.2) is 29.9 Å². The summed E-state index contributed by atoms with van der Waals surface area (Å²) in [6, 6.07) is 0. The van der Waals surface area contributed by atoms with Gasteiger partial charge in [-0.25, -0.2) is 0 Å². The molecule has 2 N–H and O–H groups in total. The van der Waals surface area contributed by atoms with Crippen LogP contribution >= 0.6 is 0 Å². The Balaban J connectivity index is 2.82. The van der Waals surface area contributed by atoms with Gasteiger partial charge in [0.2, 0.25) is 5.91 Å². The average molecular weight is 240 g/mol. The van der Waals surface area contributed by atoms with Gasteiger partial charge >= 0.3 is 0 Å². The van der Waals surface area contributed by atoms with Crippen molar-refractivity contribution in [2.45, 2.75) is 58.9 Å². The molecule has 0 heterocycles. The smallest absolute Gasteiger partial charge is 0.226 e. The van der Waals surface area contributed by atoms with Crippen LogP contribution in [0.25, 0.3) is 0 Å². The van der Waals surface area contributed by atoms with Gasteiger partial charge in [0.05, 0.1) is 0 Å². The highest BCUT2D eigenvalue weighted by atomic mass is 16.2. The highest BCUT2D eigenvalue weighted by molar-refractivity contribution is 5.80. The molecule has 3 nitrogen and oxygen atoms in total. The topological polar surface area (TPSA) is 46.3 Å². The zero-order valence-electron chi connectivity index (χ0n) is 12.0. The lowest BCUT2D eigenvalue weighted by atomic mass is 9.68. The molecule has 0 aromatic heterocycles. The monoisotopic (exact) mass is 240 g/mol. The summed E-state index contributed by atoms with van der Waals surface area (Å²) in [6.07, 6.45) is 4.61. The number of amides is 1. The SMILES string of the molecule is CN(C(=O)C1CCCCC1(C)C)C(C)(C)CN. The largest absolute Gasteiger partial charge is 0.339 e. The molecule has 1 amide bonds. The van der Waals surface area contributed by atoms with Crippen molar-refractivity contribution in [3.63, 3.8) is 0 Å². The summed E-state index contributed by atoms with van der Waals surface area (Å²) in [4.78, 5) is 14.4. The van der Waals surface area contributed by atoms with E-state index in [4.69, 9.17) is 5.73 Å². The maximum Gasteiger partial charge on any atom is 0.226 e. The molecule has 0 spiro atoms. The maximum atomic E-state index is 12.6. The minimum atomic E-state index is -0.245. The van der Waals surface area contributed by atoms with E-state index in [1.54, 1.807) is 0 Å². The number of rotatable bonds is 3. The van der Waals surface area contributed by atoms with Crippen molar-refractivity contribution in [1.82, 2.24) is 4.90 Å². The molecule has 0 aromatic rings. The number of carbonyl (C=O) groups is 1. The van der Waals surface area contributed by atoms with Crippen LogP contribution in [-0.2, 0) is 4.79 Å². The summed E-state index contributed by atoms with van der Waals surface area (Å²) in [5, 5.41) is 0. The van der Waals surface area contributed by atoms with Gasteiger partial charge in [0.1, 0.15) is 0 Å². The average Bonchev–Trinajstić information content (AvgIpc) is 2.26. The van der Waals surface area contributed by atoms with Crippen LogP contribution in [0.3, 0.4) is 0 Å². The van der Waals surface area contributed by atoms with Crippen molar-refractivity contribution >= 4 is 5.91 Å². The van der Waals surface area contributed by atoms with Gasteiger partial charge in [-0.15, -0.1) is 0 Å². The Morgan fingerprint density at radius 3 is 2.47 bits per heavy atom. The van der Waals surface area contributed by atoms with Gasteiger partial charge < -0.3 is 10.6 Å². The number of nitrogens with two attached hydrogens (primary N) is 1. The predicted octanol–water partition coefficient (Wildman–Crippen LogP) is 2.40. The number of likely N-dealkylation sites (N-methyl/N-ethyl adjacent to an activating group) is 1. The third-order valence-electron chi connectivity index (χ3n) is 4.54.